The van der Waals surface area contributed by atoms with Gasteiger partial charge in [-0.3, -0.25) is 4.79 Å². The highest BCUT2D eigenvalue weighted by atomic mass is 16.5. The molecule has 4 heteroatoms. The van der Waals surface area contributed by atoms with Crippen LogP contribution in [0.25, 0.3) is 0 Å². The molecule has 0 aromatic heterocycles. The maximum absolute atomic E-state index is 11.9. The molecule has 2 aromatic rings. The second-order valence-electron chi connectivity index (χ2n) is 5.75. The lowest BCUT2D eigenvalue weighted by Crippen LogP contribution is -2.29. The number of hydrogen-bond acceptors (Lipinski definition) is 3. The summed E-state index contributed by atoms with van der Waals surface area (Å²) in [6.07, 6.45) is 0.154. The van der Waals surface area contributed by atoms with Crippen LogP contribution in [0.5, 0.6) is 5.75 Å². The molecule has 2 N–H and O–H groups in total. The van der Waals surface area contributed by atoms with Crippen molar-refractivity contribution >= 4 is 11.6 Å². The number of carbonyl (C=O) groups excluding carboxylic acids is 1. The zero-order chi connectivity index (χ0) is 16.7. The van der Waals surface area contributed by atoms with Gasteiger partial charge < -0.3 is 15.4 Å². The summed E-state index contributed by atoms with van der Waals surface area (Å²) in [6, 6.07) is 15.7. The lowest BCUT2D eigenvalue weighted by atomic mass is 10.1. The van der Waals surface area contributed by atoms with Crippen LogP contribution in [0.15, 0.2) is 48.5 Å². The minimum Gasteiger partial charge on any atom is -0.491 e. The molecule has 122 valence electrons. The average Bonchev–Trinajstić information content (AvgIpc) is 2.53. The molecule has 2 aromatic carbocycles. The molecule has 0 radical (unpaired) electrons. The van der Waals surface area contributed by atoms with Crippen molar-refractivity contribution in [2.24, 2.45) is 0 Å². The molecule has 23 heavy (non-hydrogen) atoms. The molecule has 0 fully saturated rings. The SMILES string of the molecule is Cc1ccccc1CNC(=O)CNc1ccc(OC(C)C)cc1. The summed E-state index contributed by atoms with van der Waals surface area (Å²) >= 11 is 0. The largest absolute Gasteiger partial charge is 0.491 e. The number of rotatable bonds is 7. The van der Waals surface area contributed by atoms with Gasteiger partial charge in [0.15, 0.2) is 0 Å². The Morgan fingerprint density at radius 3 is 2.43 bits per heavy atom. The van der Waals surface area contributed by atoms with Gasteiger partial charge in [-0.2, -0.15) is 0 Å². The molecule has 0 unspecified atom stereocenters. The molecule has 0 spiro atoms. The van der Waals surface area contributed by atoms with Gasteiger partial charge in [-0.05, 0) is 56.2 Å². The molecule has 0 saturated heterocycles. The van der Waals surface area contributed by atoms with Gasteiger partial charge in [0.05, 0.1) is 12.6 Å². The molecule has 0 heterocycles. The third-order valence-corrected chi connectivity index (χ3v) is 3.42. The Balaban J connectivity index is 1.77. The van der Waals surface area contributed by atoms with E-state index in [0.717, 1.165) is 17.0 Å². The summed E-state index contributed by atoms with van der Waals surface area (Å²) in [5.41, 5.74) is 3.21. The highest BCUT2D eigenvalue weighted by Gasteiger charge is 2.03. The first-order valence-corrected chi connectivity index (χ1v) is 7.86. The maximum Gasteiger partial charge on any atom is 0.239 e. The van der Waals surface area contributed by atoms with E-state index in [2.05, 4.69) is 10.6 Å². The van der Waals surface area contributed by atoms with Crippen molar-refractivity contribution in [3.05, 3.63) is 59.7 Å². The van der Waals surface area contributed by atoms with Crippen LogP contribution in [0.1, 0.15) is 25.0 Å². The second kappa shape index (κ2) is 8.22. The van der Waals surface area contributed by atoms with Crippen molar-refractivity contribution in [3.63, 3.8) is 0 Å². The number of amides is 1. The molecule has 0 bridgehead atoms. The minimum absolute atomic E-state index is 0.0317. The standard InChI is InChI=1S/C19H24N2O2/c1-14(2)23-18-10-8-17(9-11-18)20-13-19(22)21-12-16-7-5-4-6-15(16)3/h4-11,14,20H,12-13H2,1-3H3,(H,21,22). The van der Waals surface area contributed by atoms with E-state index >= 15 is 0 Å². The first kappa shape index (κ1) is 16.9. The van der Waals surface area contributed by atoms with Gasteiger partial charge in [0.2, 0.25) is 5.91 Å². The van der Waals surface area contributed by atoms with Crippen molar-refractivity contribution in [2.45, 2.75) is 33.4 Å². The fraction of sp³-hybridized carbons (Fsp3) is 0.316. The number of hydrogen-bond donors (Lipinski definition) is 2. The van der Waals surface area contributed by atoms with E-state index in [9.17, 15) is 4.79 Å². The molecule has 0 aliphatic heterocycles. The highest BCUT2D eigenvalue weighted by Crippen LogP contribution is 2.16. The summed E-state index contributed by atoms with van der Waals surface area (Å²) in [6.45, 7) is 6.82. The lowest BCUT2D eigenvalue weighted by Gasteiger charge is -2.11. The zero-order valence-corrected chi connectivity index (χ0v) is 13.9. The van der Waals surface area contributed by atoms with Crippen LogP contribution in [0.2, 0.25) is 0 Å². The lowest BCUT2D eigenvalue weighted by molar-refractivity contribution is -0.119. The van der Waals surface area contributed by atoms with Gasteiger partial charge in [-0.25, -0.2) is 0 Å². The Bertz CT molecular complexity index is 636. The van der Waals surface area contributed by atoms with E-state index in [1.807, 2.05) is 69.3 Å². The summed E-state index contributed by atoms with van der Waals surface area (Å²) in [5.74, 6) is 0.797. The van der Waals surface area contributed by atoms with Crippen LogP contribution in [0.4, 0.5) is 5.69 Å². The number of ether oxygens (including phenoxy) is 1. The summed E-state index contributed by atoms with van der Waals surface area (Å²) < 4.78 is 5.59. The summed E-state index contributed by atoms with van der Waals surface area (Å²) in [7, 11) is 0. The second-order valence-corrected chi connectivity index (χ2v) is 5.75. The van der Waals surface area contributed by atoms with Gasteiger partial charge in [0, 0.05) is 12.2 Å². The zero-order valence-electron chi connectivity index (χ0n) is 13.9. The third-order valence-electron chi connectivity index (χ3n) is 3.42. The minimum atomic E-state index is -0.0317. The third kappa shape index (κ3) is 5.66. The molecule has 4 nitrogen and oxygen atoms in total. The van der Waals surface area contributed by atoms with Crippen LogP contribution < -0.4 is 15.4 Å². The number of anilines is 1. The van der Waals surface area contributed by atoms with Crippen LogP contribution in [0, 0.1) is 6.92 Å². The van der Waals surface area contributed by atoms with E-state index in [1.165, 1.54) is 5.56 Å². The fourth-order valence-corrected chi connectivity index (χ4v) is 2.17. The van der Waals surface area contributed by atoms with Crippen molar-refractivity contribution in [2.75, 3.05) is 11.9 Å². The Morgan fingerprint density at radius 1 is 1.09 bits per heavy atom. The fourth-order valence-electron chi connectivity index (χ4n) is 2.17. The monoisotopic (exact) mass is 312 g/mol. The molecule has 0 aliphatic carbocycles. The molecule has 2 rings (SSSR count). The molecule has 0 saturated carbocycles. The van der Waals surface area contributed by atoms with E-state index in [-0.39, 0.29) is 18.6 Å². The van der Waals surface area contributed by atoms with Gasteiger partial charge in [-0.1, -0.05) is 24.3 Å². The molecule has 1 amide bonds. The van der Waals surface area contributed by atoms with Gasteiger partial charge in [-0.15, -0.1) is 0 Å². The first-order chi connectivity index (χ1) is 11.0. The van der Waals surface area contributed by atoms with Crippen LogP contribution in [0.3, 0.4) is 0 Å². The van der Waals surface area contributed by atoms with Crippen LogP contribution in [-0.4, -0.2) is 18.6 Å². The van der Waals surface area contributed by atoms with Gasteiger partial charge in [0.25, 0.3) is 0 Å². The van der Waals surface area contributed by atoms with Crippen molar-refractivity contribution in [1.29, 1.82) is 0 Å². The van der Waals surface area contributed by atoms with Crippen LogP contribution in [-0.2, 0) is 11.3 Å². The number of benzene rings is 2. The van der Waals surface area contributed by atoms with Gasteiger partial charge in [0.1, 0.15) is 5.75 Å². The average molecular weight is 312 g/mol. The summed E-state index contributed by atoms with van der Waals surface area (Å²) in [5, 5.41) is 6.03. The predicted octanol–water partition coefficient (Wildman–Crippen LogP) is 3.51. The Hall–Kier alpha value is -2.49. The van der Waals surface area contributed by atoms with Crippen molar-refractivity contribution in [1.82, 2.24) is 5.32 Å². The van der Waals surface area contributed by atoms with E-state index in [0.29, 0.717) is 6.54 Å². The molecule has 0 aliphatic rings. The highest BCUT2D eigenvalue weighted by molar-refractivity contribution is 5.80. The normalized spacial score (nSPS) is 10.4. The molecular formula is C19H24N2O2. The smallest absolute Gasteiger partial charge is 0.239 e. The quantitative estimate of drug-likeness (QED) is 0.822. The molecular weight excluding hydrogens is 288 g/mol. The summed E-state index contributed by atoms with van der Waals surface area (Å²) in [4.78, 5) is 11.9. The Morgan fingerprint density at radius 2 is 1.78 bits per heavy atom. The molecule has 0 atom stereocenters. The van der Waals surface area contributed by atoms with E-state index in [4.69, 9.17) is 4.74 Å². The van der Waals surface area contributed by atoms with Crippen molar-refractivity contribution < 1.29 is 9.53 Å². The topological polar surface area (TPSA) is 50.4 Å². The van der Waals surface area contributed by atoms with E-state index < -0.39 is 0 Å². The Kier molecular flexibility index (Phi) is 6.03. The Labute approximate surface area is 137 Å². The number of nitrogens with one attached hydrogen (secondary N) is 2. The van der Waals surface area contributed by atoms with E-state index in [1.54, 1.807) is 0 Å². The van der Waals surface area contributed by atoms with Gasteiger partial charge >= 0.3 is 0 Å². The number of aryl methyl sites for hydroxylation is 1. The van der Waals surface area contributed by atoms with Crippen LogP contribution >= 0.6 is 0 Å². The first-order valence-electron chi connectivity index (χ1n) is 7.86. The maximum atomic E-state index is 11.9. The van der Waals surface area contributed by atoms with Crippen molar-refractivity contribution in [3.8, 4) is 5.75 Å². The number of carbonyl (C=O) groups is 1. The predicted molar refractivity (Wildman–Crippen MR) is 93.7 cm³/mol.